The van der Waals surface area contributed by atoms with Crippen LogP contribution in [0.15, 0.2) is 83.6 Å². The third kappa shape index (κ3) is 8.35. The highest BCUT2D eigenvalue weighted by atomic mass is 32.1. The smallest absolute Gasteiger partial charge is 0.350 e. The molecule has 2 aromatic heterocycles. The molecule has 0 spiro atoms. The zero-order valence-corrected chi connectivity index (χ0v) is 26.3. The van der Waals surface area contributed by atoms with Crippen LogP contribution in [0.25, 0.3) is 0 Å². The third-order valence-corrected chi connectivity index (χ3v) is 8.71. The Morgan fingerprint density at radius 2 is 1.05 bits per heavy atom. The number of thiophene rings is 2. The molecule has 0 radical (unpaired) electrons. The van der Waals surface area contributed by atoms with Crippen molar-refractivity contribution < 1.29 is 19.1 Å². The largest absolute Gasteiger partial charge is 0.465 e. The van der Waals surface area contributed by atoms with Crippen molar-refractivity contribution in [3.8, 4) is 0 Å². The number of hydrogen-bond acceptors (Lipinski definition) is 8. The first kappa shape index (κ1) is 31.1. The predicted molar refractivity (Wildman–Crippen MR) is 177 cm³/mol. The monoisotopic (exact) mass is 638 g/mol. The molecule has 0 aliphatic carbocycles. The van der Waals surface area contributed by atoms with Crippen LogP contribution in [0.3, 0.4) is 0 Å². The minimum atomic E-state index is -0.421. The molecule has 8 nitrogen and oxygen atoms in total. The predicted octanol–water partition coefficient (Wildman–Crippen LogP) is 6.48. The van der Waals surface area contributed by atoms with Gasteiger partial charge in [0.15, 0.2) is 10.2 Å². The maximum Gasteiger partial charge on any atom is 0.350 e. The van der Waals surface area contributed by atoms with Gasteiger partial charge in [-0.1, -0.05) is 60.7 Å². The first-order valence-electron chi connectivity index (χ1n) is 12.9. The Kier molecular flexibility index (Phi) is 11.4. The average molecular weight is 639 g/mol. The van der Waals surface area contributed by atoms with Crippen LogP contribution in [0, 0.1) is 0 Å². The van der Waals surface area contributed by atoms with Gasteiger partial charge in [0.1, 0.15) is 9.75 Å². The molecule has 0 aliphatic rings. The first-order valence-corrected chi connectivity index (χ1v) is 15.5. The van der Waals surface area contributed by atoms with Crippen LogP contribution in [-0.4, -0.2) is 59.3 Å². The van der Waals surface area contributed by atoms with Crippen LogP contribution in [0.4, 0.5) is 11.4 Å². The minimum Gasteiger partial charge on any atom is -0.465 e. The Balaban J connectivity index is 1.55. The van der Waals surface area contributed by atoms with E-state index in [1.54, 1.807) is 0 Å². The fourth-order valence-electron chi connectivity index (χ4n) is 4.06. The molecule has 0 saturated carbocycles. The van der Waals surface area contributed by atoms with Gasteiger partial charge in [0.25, 0.3) is 0 Å². The van der Waals surface area contributed by atoms with Gasteiger partial charge in [-0.05, 0) is 58.5 Å². The summed E-state index contributed by atoms with van der Waals surface area (Å²) in [5.74, 6) is -0.842. The number of carbonyl (C=O) groups excluding carboxylic acids is 2. The number of thiocarbonyl (C=S) groups is 2. The Labute approximate surface area is 263 Å². The summed E-state index contributed by atoms with van der Waals surface area (Å²) < 4.78 is 9.85. The van der Waals surface area contributed by atoms with Gasteiger partial charge in [0.05, 0.1) is 25.6 Å². The summed E-state index contributed by atoms with van der Waals surface area (Å²) in [6.07, 6.45) is 0. The molecule has 2 aromatic carbocycles. The molecule has 0 amide bonds. The molecule has 0 unspecified atom stereocenters. The number of rotatable bonds is 11. The van der Waals surface area contributed by atoms with Crippen LogP contribution < -0.4 is 10.6 Å². The average Bonchev–Trinajstić information content (AvgIpc) is 3.68. The standard InChI is InChI=1S/C30H30N4O4S4/c1-37-27(35)25-23(13-17-41-25)31-29(39)33(19-21-9-5-3-6-10-21)15-16-34(20-22-11-7-4-8-12-22)30(40)32-24-14-18-42-26(24)28(36)38-2/h3-14,17-18H,15-16,19-20H2,1-2H3,(H,31,39)(H,32,40). The van der Waals surface area contributed by atoms with Crippen LogP contribution >= 0.6 is 47.1 Å². The number of nitrogens with one attached hydrogen (secondary N) is 2. The van der Waals surface area contributed by atoms with E-state index in [9.17, 15) is 9.59 Å². The highest BCUT2D eigenvalue weighted by Gasteiger charge is 2.21. The van der Waals surface area contributed by atoms with Gasteiger partial charge in [-0.15, -0.1) is 22.7 Å². The lowest BCUT2D eigenvalue weighted by Gasteiger charge is -2.31. The summed E-state index contributed by atoms with van der Waals surface area (Å²) in [5, 5.41) is 11.0. The van der Waals surface area contributed by atoms with E-state index >= 15 is 0 Å². The minimum absolute atomic E-state index is 0.421. The summed E-state index contributed by atoms with van der Waals surface area (Å²) in [5.41, 5.74) is 3.36. The van der Waals surface area contributed by atoms with Crippen LogP contribution in [-0.2, 0) is 22.6 Å². The molecule has 0 fully saturated rings. The van der Waals surface area contributed by atoms with Crippen molar-refractivity contribution in [3.63, 3.8) is 0 Å². The van der Waals surface area contributed by atoms with Crippen LogP contribution in [0.1, 0.15) is 30.5 Å². The van der Waals surface area contributed by atoms with E-state index in [1.165, 1.54) is 36.9 Å². The normalized spacial score (nSPS) is 10.4. The molecule has 0 saturated heterocycles. The number of methoxy groups -OCH3 is 2. The van der Waals surface area contributed by atoms with E-state index < -0.39 is 11.9 Å². The second-order valence-corrected chi connectivity index (χ2v) is 11.6. The molecule has 2 N–H and O–H groups in total. The Hall–Kier alpha value is -3.84. The van der Waals surface area contributed by atoms with Crippen molar-refractivity contribution in [1.29, 1.82) is 0 Å². The molecule has 4 aromatic rings. The molecule has 218 valence electrons. The van der Waals surface area contributed by atoms with E-state index in [-0.39, 0.29) is 0 Å². The molecule has 2 heterocycles. The Bertz CT molecular complexity index is 1390. The Morgan fingerprint density at radius 3 is 1.40 bits per heavy atom. The van der Waals surface area contributed by atoms with E-state index in [4.69, 9.17) is 33.9 Å². The van der Waals surface area contributed by atoms with Crippen molar-refractivity contribution in [2.75, 3.05) is 37.9 Å². The van der Waals surface area contributed by atoms with E-state index in [1.807, 2.05) is 93.4 Å². The van der Waals surface area contributed by atoms with Crippen LogP contribution in [0.5, 0.6) is 0 Å². The van der Waals surface area contributed by atoms with Crippen LogP contribution in [0.2, 0.25) is 0 Å². The van der Waals surface area contributed by atoms with Crippen molar-refractivity contribution in [3.05, 3.63) is 104 Å². The first-order chi connectivity index (χ1) is 20.4. The van der Waals surface area contributed by atoms with Crippen molar-refractivity contribution in [2.45, 2.75) is 13.1 Å². The maximum atomic E-state index is 12.3. The zero-order chi connectivity index (χ0) is 29.9. The number of ether oxygens (including phenoxy) is 2. The summed E-state index contributed by atoms with van der Waals surface area (Å²) in [4.78, 5) is 29.5. The fraction of sp³-hybridized carbons (Fsp3) is 0.200. The summed E-state index contributed by atoms with van der Waals surface area (Å²) >= 11 is 14.3. The number of anilines is 2. The molecule has 0 aliphatic heterocycles. The molecular formula is C30H30N4O4S4. The summed E-state index contributed by atoms with van der Waals surface area (Å²) in [6.45, 7) is 2.11. The molecule has 0 bridgehead atoms. The molecule has 12 heteroatoms. The number of esters is 2. The highest BCUT2D eigenvalue weighted by molar-refractivity contribution is 7.80. The number of hydrogen-bond donors (Lipinski definition) is 2. The number of nitrogens with zero attached hydrogens (tertiary/aromatic N) is 2. The number of carbonyl (C=O) groups is 2. The quantitative estimate of drug-likeness (QED) is 0.141. The number of benzene rings is 2. The molecule has 42 heavy (non-hydrogen) atoms. The lowest BCUT2D eigenvalue weighted by atomic mass is 10.2. The highest BCUT2D eigenvalue weighted by Crippen LogP contribution is 2.25. The van der Waals surface area contributed by atoms with E-state index in [0.29, 0.717) is 57.5 Å². The van der Waals surface area contributed by atoms with Gasteiger partial charge in [-0.2, -0.15) is 0 Å². The van der Waals surface area contributed by atoms with Gasteiger partial charge >= 0.3 is 11.9 Å². The zero-order valence-electron chi connectivity index (χ0n) is 23.1. The van der Waals surface area contributed by atoms with Gasteiger partial charge in [0, 0.05) is 26.2 Å². The SMILES string of the molecule is COC(=O)c1sccc1NC(=S)N(CCN(Cc1ccccc1)C(=S)Nc1ccsc1C(=O)OC)Cc1ccccc1. The second kappa shape index (κ2) is 15.4. The molecule has 0 atom stereocenters. The Morgan fingerprint density at radius 1 is 0.667 bits per heavy atom. The third-order valence-electron chi connectivity index (χ3n) is 6.20. The lowest BCUT2D eigenvalue weighted by Crippen LogP contribution is -2.43. The van der Waals surface area contributed by atoms with Gasteiger partial charge in [-0.25, -0.2) is 9.59 Å². The summed E-state index contributed by atoms with van der Waals surface area (Å²) in [6, 6.07) is 23.7. The summed E-state index contributed by atoms with van der Waals surface area (Å²) in [7, 11) is 2.71. The second-order valence-electron chi connectivity index (χ2n) is 8.98. The lowest BCUT2D eigenvalue weighted by molar-refractivity contribution is 0.0598. The van der Waals surface area contributed by atoms with Crippen molar-refractivity contribution in [2.24, 2.45) is 0 Å². The fourth-order valence-corrected chi connectivity index (χ4v) is 6.12. The van der Waals surface area contributed by atoms with E-state index in [2.05, 4.69) is 10.6 Å². The maximum absolute atomic E-state index is 12.3. The van der Waals surface area contributed by atoms with Gasteiger partial charge in [-0.3, -0.25) is 0 Å². The topological polar surface area (TPSA) is 83.1 Å². The molecule has 4 rings (SSSR count). The van der Waals surface area contributed by atoms with Crippen molar-refractivity contribution >= 4 is 80.6 Å². The van der Waals surface area contributed by atoms with E-state index in [0.717, 1.165) is 11.1 Å². The van der Waals surface area contributed by atoms with Crippen molar-refractivity contribution in [1.82, 2.24) is 9.80 Å². The van der Waals surface area contributed by atoms with Gasteiger partial charge in [0.2, 0.25) is 0 Å². The molecular weight excluding hydrogens is 609 g/mol. The van der Waals surface area contributed by atoms with Gasteiger partial charge < -0.3 is 29.9 Å².